The fraction of sp³-hybridized carbons (Fsp3) is 0.750. The summed E-state index contributed by atoms with van der Waals surface area (Å²) in [6.45, 7) is 2.36. The lowest BCUT2D eigenvalue weighted by Crippen LogP contribution is -2.43. The Kier molecular flexibility index (Phi) is 2.49. The summed E-state index contributed by atoms with van der Waals surface area (Å²) in [6.07, 6.45) is 8.65. The summed E-state index contributed by atoms with van der Waals surface area (Å²) in [5, 5.41) is 3.31. The van der Waals surface area contributed by atoms with Crippen molar-refractivity contribution in [1.82, 2.24) is 15.3 Å². The summed E-state index contributed by atoms with van der Waals surface area (Å²) in [4.78, 5) is 8.05. The minimum absolute atomic E-state index is 0.721. The van der Waals surface area contributed by atoms with Gasteiger partial charge in [-0.25, -0.2) is 4.98 Å². The molecule has 1 aromatic heterocycles. The highest BCUT2D eigenvalue weighted by atomic mass is 15.0. The normalized spacial score (nSPS) is 23.2. The van der Waals surface area contributed by atoms with E-state index in [-0.39, 0.29) is 0 Å². The molecule has 2 heterocycles. The maximum absolute atomic E-state index is 4.53. The van der Waals surface area contributed by atoms with Crippen LogP contribution < -0.4 is 5.32 Å². The lowest BCUT2D eigenvalue weighted by atomic mass is 9.98. The first-order valence-electron chi connectivity index (χ1n) is 6.16. The highest BCUT2D eigenvalue weighted by molar-refractivity contribution is 5.08. The Morgan fingerprint density at radius 1 is 1.27 bits per heavy atom. The van der Waals surface area contributed by atoms with Crippen LogP contribution in [0, 0.1) is 5.92 Å². The smallest absolute Gasteiger partial charge is 0.109 e. The van der Waals surface area contributed by atoms with Gasteiger partial charge in [-0.3, -0.25) is 0 Å². The molecule has 2 aliphatic rings. The lowest BCUT2D eigenvalue weighted by Gasteiger charge is -2.26. The zero-order valence-electron chi connectivity index (χ0n) is 9.13. The van der Waals surface area contributed by atoms with E-state index in [1.165, 1.54) is 56.7 Å². The topological polar surface area (TPSA) is 40.7 Å². The number of imidazole rings is 1. The molecular weight excluding hydrogens is 186 g/mol. The van der Waals surface area contributed by atoms with Crippen molar-refractivity contribution in [2.45, 2.75) is 38.0 Å². The minimum Gasteiger partial charge on any atom is -0.346 e. The lowest BCUT2D eigenvalue weighted by molar-refractivity contribution is 0.344. The van der Waals surface area contributed by atoms with Gasteiger partial charge in [0.15, 0.2) is 0 Å². The molecule has 0 aromatic carbocycles. The van der Waals surface area contributed by atoms with Crippen LogP contribution in [-0.2, 0) is 6.42 Å². The van der Waals surface area contributed by atoms with E-state index in [1.54, 1.807) is 0 Å². The molecule has 1 saturated carbocycles. The van der Waals surface area contributed by atoms with E-state index >= 15 is 0 Å². The first-order valence-corrected chi connectivity index (χ1v) is 6.16. The second kappa shape index (κ2) is 3.97. The number of H-pyrrole nitrogens is 1. The van der Waals surface area contributed by atoms with E-state index in [9.17, 15) is 0 Å². The van der Waals surface area contributed by atoms with Crippen molar-refractivity contribution in [3.05, 3.63) is 17.7 Å². The number of nitrogens with zero attached hydrogens (tertiary/aromatic N) is 1. The summed E-state index contributed by atoms with van der Waals surface area (Å²) >= 11 is 0. The largest absolute Gasteiger partial charge is 0.346 e. The van der Waals surface area contributed by atoms with Crippen LogP contribution >= 0.6 is 0 Å². The Bertz CT molecular complexity index is 321. The maximum Gasteiger partial charge on any atom is 0.109 e. The molecule has 0 radical (unpaired) electrons. The minimum atomic E-state index is 0.721. The Morgan fingerprint density at radius 3 is 2.73 bits per heavy atom. The SMILES string of the molecule is c1nc(C2CCCC2)[nH]c1CC1CNC1. The summed E-state index contributed by atoms with van der Waals surface area (Å²) < 4.78 is 0. The quantitative estimate of drug-likeness (QED) is 0.790. The molecule has 1 saturated heterocycles. The molecule has 15 heavy (non-hydrogen) atoms. The zero-order chi connectivity index (χ0) is 10.1. The van der Waals surface area contributed by atoms with E-state index in [2.05, 4.69) is 15.3 Å². The predicted molar refractivity (Wildman–Crippen MR) is 59.9 cm³/mol. The van der Waals surface area contributed by atoms with E-state index in [1.807, 2.05) is 6.20 Å². The molecule has 82 valence electrons. The monoisotopic (exact) mass is 205 g/mol. The highest BCUT2D eigenvalue weighted by Gasteiger charge is 2.21. The number of nitrogens with one attached hydrogen (secondary N) is 2. The average molecular weight is 205 g/mol. The van der Waals surface area contributed by atoms with Crippen LogP contribution in [0.5, 0.6) is 0 Å². The van der Waals surface area contributed by atoms with Crippen LogP contribution in [0.1, 0.15) is 43.1 Å². The van der Waals surface area contributed by atoms with Crippen molar-refractivity contribution in [3.8, 4) is 0 Å². The first-order chi connectivity index (χ1) is 7.42. The molecule has 2 N–H and O–H groups in total. The van der Waals surface area contributed by atoms with Crippen molar-refractivity contribution in [3.63, 3.8) is 0 Å². The standard InChI is InChI=1S/C12H19N3/c1-2-4-10(3-1)12-14-8-11(15-12)5-9-6-13-7-9/h8-10,13H,1-7H2,(H,14,15). The molecule has 3 rings (SSSR count). The predicted octanol–water partition coefficient (Wildman–Crippen LogP) is 1.83. The van der Waals surface area contributed by atoms with Gasteiger partial charge in [-0.05, 0) is 38.3 Å². The number of aromatic nitrogens is 2. The van der Waals surface area contributed by atoms with Gasteiger partial charge in [0.05, 0.1) is 0 Å². The molecule has 0 spiro atoms. The van der Waals surface area contributed by atoms with Crippen molar-refractivity contribution >= 4 is 0 Å². The van der Waals surface area contributed by atoms with Crippen LogP contribution in [0.25, 0.3) is 0 Å². The van der Waals surface area contributed by atoms with Gasteiger partial charge in [-0.2, -0.15) is 0 Å². The zero-order valence-corrected chi connectivity index (χ0v) is 9.13. The summed E-state index contributed by atoms with van der Waals surface area (Å²) in [5.41, 5.74) is 1.34. The van der Waals surface area contributed by atoms with E-state index in [4.69, 9.17) is 0 Å². The molecule has 0 atom stereocenters. The average Bonchev–Trinajstić information content (AvgIpc) is 2.82. The molecule has 1 aliphatic carbocycles. The van der Waals surface area contributed by atoms with Crippen LogP contribution in [0.4, 0.5) is 0 Å². The number of aromatic amines is 1. The molecule has 3 heteroatoms. The molecule has 0 amide bonds. The van der Waals surface area contributed by atoms with Gasteiger partial charge in [0.2, 0.25) is 0 Å². The van der Waals surface area contributed by atoms with Gasteiger partial charge in [-0.15, -0.1) is 0 Å². The molecule has 0 unspecified atom stereocenters. The van der Waals surface area contributed by atoms with Gasteiger partial charge >= 0.3 is 0 Å². The van der Waals surface area contributed by atoms with E-state index in [0.717, 1.165) is 11.8 Å². The van der Waals surface area contributed by atoms with Crippen molar-refractivity contribution < 1.29 is 0 Å². The third kappa shape index (κ3) is 1.93. The highest BCUT2D eigenvalue weighted by Crippen LogP contribution is 2.32. The van der Waals surface area contributed by atoms with Gasteiger partial charge in [0.25, 0.3) is 0 Å². The summed E-state index contributed by atoms with van der Waals surface area (Å²) in [5.74, 6) is 2.80. The number of rotatable bonds is 3. The summed E-state index contributed by atoms with van der Waals surface area (Å²) in [7, 11) is 0. The van der Waals surface area contributed by atoms with Gasteiger partial charge in [0, 0.05) is 17.8 Å². The summed E-state index contributed by atoms with van der Waals surface area (Å²) in [6, 6.07) is 0. The molecular formula is C12H19N3. The van der Waals surface area contributed by atoms with Crippen LogP contribution in [0.3, 0.4) is 0 Å². The fourth-order valence-corrected chi connectivity index (χ4v) is 2.69. The fourth-order valence-electron chi connectivity index (χ4n) is 2.69. The molecule has 1 aliphatic heterocycles. The Hall–Kier alpha value is -0.830. The van der Waals surface area contributed by atoms with Crippen molar-refractivity contribution in [2.75, 3.05) is 13.1 Å². The van der Waals surface area contributed by atoms with E-state index in [0.29, 0.717) is 0 Å². The molecule has 2 fully saturated rings. The Morgan fingerprint density at radius 2 is 2.07 bits per heavy atom. The second-order valence-electron chi connectivity index (χ2n) is 5.00. The Balaban J connectivity index is 1.64. The van der Waals surface area contributed by atoms with E-state index < -0.39 is 0 Å². The van der Waals surface area contributed by atoms with Gasteiger partial charge < -0.3 is 10.3 Å². The first kappa shape index (κ1) is 9.40. The maximum atomic E-state index is 4.53. The number of hydrogen-bond acceptors (Lipinski definition) is 2. The molecule has 0 bridgehead atoms. The van der Waals surface area contributed by atoms with Gasteiger partial charge in [0.1, 0.15) is 5.82 Å². The third-order valence-electron chi connectivity index (χ3n) is 3.76. The van der Waals surface area contributed by atoms with Crippen molar-refractivity contribution in [2.24, 2.45) is 5.92 Å². The Labute approximate surface area is 90.7 Å². The third-order valence-corrected chi connectivity index (χ3v) is 3.76. The van der Waals surface area contributed by atoms with Crippen LogP contribution in [0.2, 0.25) is 0 Å². The number of hydrogen-bond donors (Lipinski definition) is 2. The van der Waals surface area contributed by atoms with Crippen LogP contribution in [-0.4, -0.2) is 23.1 Å². The van der Waals surface area contributed by atoms with Crippen molar-refractivity contribution in [1.29, 1.82) is 0 Å². The molecule has 3 nitrogen and oxygen atoms in total. The molecule has 1 aromatic rings. The van der Waals surface area contributed by atoms with Crippen LogP contribution in [0.15, 0.2) is 6.20 Å². The van der Waals surface area contributed by atoms with Gasteiger partial charge in [-0.1, -0.05) is 12.8 Å². The second-order valence-corrected chi connectivity index (χ2v) is 5.00.